The standard InChI is InChI=1S/C20H20BrN5O3S/c21-16-6-7-19(26-14-22-13-23-26)18(12-16)24-20(27)15-8-10-25(11-9-15)30(28,29)17-4-2-1-3-5-17/h1-7,12-15H,8-11H2,(H,24,27). The highest BCUT2D eigenvalue weighted by molar-refractivity contribution is 9.10. The van der Waals surface area contributed by atoms with Gasteiger partial charge in [0.25, 0.3) is 0 Å². The van der Waals surface area contributed by atoms with Gasteiger partial charge in [0, 0.05) is 23.5 Å². The number of amides is 1. The SMILES string of the molecule is O=C(Nc1cc(Br)ccc1-n1cncn1)C1CCN(S(=O)(=O)c2ccccc2)CC1. The summed E-state index contributed by atoms with van der Waals surface area (Å²) in [5.41, 5.74) is 1.31. The van der Waals surface area contributed by atoms with Crippen LogP contribution in [-0.2, 0) is 14.8 Å². The number of aromatic nitrogens is 3. The minimum atomic E-state index is -3.54. The molecule has 3 aromatic rings. The van der Waals surface area contributed by atoms with Gasteiger partial charge >= 0.3 is 0 Å². The molecule has 8 nitrogen and oxygen atoms in total. The molecule has 0 bridgehead atoms. The number of nitrogens with zero attached hydrogens (tertiary/aromatic N) is 4. The van der Waals surface area contributed by atoms with Crippen molar-refractivity contribution < 1.29 is 13.2 Å². The Hall–Kier alpha value is -2.56. The highest BCUT2D eigenvalue weighted by atomic mass is 79.9. The second kappa shape index (κ2) is 8.66. The van der Waals surface area contributed by atoms with Crippen molar-refractivity contribution >= 4 is 37.5 Å². The summed E-state index contributed by atoms with van der Waals surface area (Å²) in [4.78, 5) is 17.1. The summed E-state index contributed by atoms with van der Waals surface area (Å²) in [5, 5.41) is 7.10. The van der Waals surface area contributed by atoms with Crippen LogP contribution in [-0.4, -0.2) is 46.5 Å². The van der Waals surface area contributed by atoms with Gasteiger partial charge in [-0.1, -0.05) is 34.1 Å². The molecular formula is C20H20BrN5O3S. The summed E-state index contributed by atoms with van der Waals surface area (Å²) in [6.07, 6.45) is 3.91. The van der Waals surface area contributed by atoms with E-state index in [-0.39, 0.29) is 16.7 Å². The van der Waals surface area contributed by atoms with E-state index in [0.717, 1.165) is 4.47 Å². The smallest absolute Gasteiger partial charge is 0.243 e. The van der Waals surface area contributed by atoms with Gasteiger partial charge in [0.2, 0.25) is 15.9 Å². The van der Waals surface area contributed by atoms with Gasteiger partial charge in [0.05, 0.1) is 16.3 Å². The molecule has 156 valence electrons. The molecular weight excluding hydrogens is 470 g/mol. The Balaban J connectivity index is 1.44. The summed E-state index contributed by atoms with van der Waals surface area (Å²) in [6, 6.07) is 13.9. The van der Waals surface area contributed by atoms with E-state index in [9.17, 15) is 13.2 Å². The molecule has 10 heteroatoms. The minimum Gasteiger partial charge on any atom is -0.324 e. The Labute approximate surface area is 183 Å². The first-order valence-electron chi connectivity index (χ1n) is 9.46. The Bertz CT molecular complexity index is 1130. The van der Waals surface area contributed by atoms with Crippen molar-refractivity contribution in [3.05, 3.63) is 65.7 Å². The Morgan fingerprint density at radius 1 is 1.10 bits per heavy atom. The first-order chi connectivity index (χ1) is 14.4. The van der Waals surface area contributed by atoms with Crippen LogP contribution in [0.25, 0.3) is 5.69 Å². The number of carbonyl (C=O) groups is 1. The first-order valence-corrected chi connectivity index (χ1v) is 11.7. The maximum Gasteiger partial charge on any atom is 0.243 e. The van der Waals surface area contributed by atoms with E-state index in [1.165, 1.54) is 10.6 Å². The quantitative estimate of drug-likeness (QED) is 0.593. The fourth-order valence-electron chi connectivity index (χ4n) is 3.48. The highest BCUT2D eigenvalue weighted by Gasteiger charge is 2.32. The topological polar surface area (TPSA) is 97.2 Å². The van der Waals surface area contributed by atoms with Crippen LogP contribution < -0.4 is 5.32 Å². The number of piperidine rings is 1. The zero-order valence-electron chi connectivity index (χ0n) is 16.0. The van der Waals surface area contributed by atoms with E-state index in [4.69, 9.17) is 0 Å². The summed E-state index contributed by atoms with van der Waals surface area (Å²) in [6.45, 7) is 0.619. The number of anilines is 1. The maximum absolute atomic E-state index is 12.9. The summed E-state index contributed by atoms with van der Waals surface area (Å²) < 4.78 is 29.4. The van der Waals surface area contributed by atoms with Crippen LogP contribution in [0.5, 0.6) is 0 Å². The number of rotatable bonds is 5. The molecule has 1 saturated heterocycles. The van der Waals surface area contributed by atoms with Gasteiger partial charge < -0.3 is 5.32 Å². The van der Waals surface area contributed by atoms with Crippen LogP contribution >= 0.6 is 15.9 Å². The zero-order valence-corrected chi connectivity index (χ0v) is 18.4. The lowest BCUT2D eigenvalue weighted by molar-refractivity contribution is -0.120. The molecule has 0 radical (unpaired) electrons. The zero-order chi connectivity index (χ0) is 21.1. The average molecular weight is 490 g/mol. The predicted molar refractivity (Wildman–Crippen MR) is 116 cm³/mol. The lowest BCUT2D eigenvalue weighted by Crippen LogP contribution is -2.41. The van der Waals surface area contributed by atoms with Crippen LogP contribution in [0.1, 0.15) is 12.8 Å². The van der Waals surface area contributed by atoms with Crippen molar-refractivity contribution in [2.75, 3.05) is 18.4 Å². The average Bonchev–Trinajstić information content (AvgIpc) is 3.29. The number of carbonyl (C=O) groups excluding carboxylic acids is 1. The van der Waals surface area contributed by atoms with Crippen molar-refractivity contribution in [2.45, 2.75) is 17.7 Å². The van der Waals surface area contributed by atoms with Gasteiger partial charge in [0.15, 0.2) is 0 Å². The number of sulfonamides is 1. The normalized spacial score (nSPS) is 15.8. The van der Waals surface area contributed by atoms with Gasteiger partial charge in [0.1, 0.15) is 12.7 Å². The lowest BCUT2D eigenvalue weighted by Gasteiger charge is -2.30. The molecule has 0 unspecified atom stereocenters. The van der Waals surface area contributed by atoms with Crippen molar-refractivity contribution in [1.29, 1.82) is 0 Å². The third kappa shape index (κ3) is 4.30. The Morgan fingerprint density at radius 3 is 2.50 bits per heavy atom. The molecule has 2 aromatic carbocycles. The number of hydrogen-bond acceptors (Lipinski definition) is 5. The van der Waals surface area contributed by atoms with Crippen LogP contribution in [0, 0.1) is 5.92 Å². The largest absolute Gasteiger partial charge is 0.324 e. The van der Waals surface area contributed by atoms with Crippen molar-refractivity contribution in [2.24, 2.45) is 5.92 Å². The molecule has 4 rings (SSSR count). The fraction of sp³-hybridized carbons (Fsp3) is 0.250. The third-order valence-corrected chi connectivity index (χ3v) is 7.49. The molecule has 1 N–H and O–H groups in total. The molecule has 0 aliphatic carbocycles. The minimum absolute atomic E-state index is 0.133. The van der Waals surface area contributed by atoms with E-state index < -0.39 is 10.0 Å². The fourth-order valence-corrected chi connectivity index (χ4v) is 5.33. The number of halogens is 1. The van der Waals surface area contributed by atoms with Crippen molar-refractivity contribution in [3.8, 4) is 5.69 Å². The van der Waals surface area contributed by atoms with Gasteiger partial charge in [-0.25, -0.2) is 18.1 Å². The van der Waals surface area contributed by atoms with E-state index in [1.807, 2.05) is 18.2 Å². The predicted octanol–water partition coefficient (Wildman–Crippen LogP) is 3.07. The van der Waals surface area contributed by atoms with Gasteiger partial charge in [-0.3, -0.25) is 4.79 Å². The number of hydrogen-bond donors (Lipinski definition) is 1. The van der Waals surface area contributed by atoms with E-state index in [1.54, 1.807) is 41.3 Å². The Morgan fingerprint density at radius 2 is 1.83 bits per heavy atom. The van der Waals surface area contributed by atoms with Crippen molar-refractivity contribution in [3.63, 3.8) is 0 Å². The highest BCUT2D eigenvalue weighted by Crippen LogP contribution is 2.28. The van der Waals surface area contributed by atoms with E-state index >= 15 is 0 Å². The molecule has 1 aliphatic rings. The number of nitrogens with one attached hydrogen (secondary N) is 1. The summed E-state index contributed by atoms with van der Waals surface area (Å²) in [7, 11) is -3.54. The molecule has 30 heavy (non-hydrogen) atoms. The molecule has 1 aromatic heterocycles. The lowest BCUT2D eigenvalue weighted by atomic mass is 9.97. The van der Waals surface area contributed by atoms with Gasteiger partial charge in [-0.2, -0.15) is 9.40 Å². The molecule has 0 spiro atoms. The first kappa shape index (κ1) is 20.7. The molecule has 0 atom stereocenters. The molecule has 1 fully saturated rings. The second-order valence-electron chi connectivity index (χ2n) is 6.98. The molecule has 2 heterocycles. The molecule has 1 amide bonds. The van der Waals surface area contributed by atoms with Crippen LogP contribution in [0.4, 0.5) is 5.69 Å². The van der Waals surface area contributed by atoms with E-state index in [2.05, 4.69) is 31.3 Å². The van der Waals surface area contributed by atoms with Crippen LogP contribution in [0.15, 0.2) is 70.6 Å². The molecule has 1 aliphatic heterocycles. The van der Waals surface area contributed by atoms with Gasteiger partial charge in [-0.15, -0.1) is 0 Å². The van der Waals surface area contributed by atoms with Gasteiger partial charge in [-0.05, 0) is 43.2 Å². The third-order valence-electron chi connectivity index (χ3n) is 5.09. The monoisotopic (exact) mass is 489 g/mol. The second-order valence-corrected chi connectivity index (χ2v) is 9.84. The summed E-state index contributed by atoms with van der Waals surface area (Å²) >= 11 is 3.43. The Kier molecular flexibility index (Phi) is 5.98. The maximum atomic E-state index is 12.9. The van der Waals surface area contributed by atoms with Crippen molar-refractivity contribution in [1.82, 2.24) is 19.1 Å². The van der Waals surface area contributed by atoms with Crippen LogP contribution in [0.3, 0.4) is 0 Å². The summed E-state index contributed by atoms with van der Waals surface area (Å²) in [5.74, 6) is -0.402. The van der Waals surface area contributed by atoms with E-state index in [0.29, 0.717) is 37.3 Å². The molecule has 0 saturated carbocycles. The van der Waals surface area contributed by atoms with Crippen LogP contribution in [0.2, 0.25) is 0 Å². The number of benzene rings is 2.